The molecule has 1 nitrogen and oxygen atoms in total. The molecule has 2 heteroatoms. The molecule has 0 aliphatic heterocycles. The molecule has 0 rings (SSSR count). The number of alkyl halides is 1. The Kier molecular flexibility index (Phi) is 5.97. The van der Waals surface area contributed by atoms with Crippen LogP contribution in [0.25, 0.3) is 0 Å². The van der Waals surface area contributed by atoms with Crippen LogP contribution in [0.15, 0.2) is 12.2 Å². The third kappa shape index (κ3) is 6.26. The standard InChI is InChI=1S/C8H13IO/c1-7(2)4-3-5-8(9)6-10/h6,8H,1,3-5H2,2H3/t8-/m0/s1. The molecule has 0 amide bonds. The number of hydrogen-bond acceptors (Lipinski definition) is 1. The highest BCUT2D eigenvalue weighted by Gasteiger charge is 1.99. The van der Waals surface area contributed by atoms with Crippen LogP contribution in [-0.2, 0) is 4.79 Å². The molecule has 10 heavy (non-hydrogen) atoms. The smallest absolute Gasteiger partial charge is 0.132 e. The van der Waals surface area contributed by atoms with Crippen molar-refractivity contribution in [1.29, 1.82) is 0 Å². The van der Waals surface area contributed by atoms with Crippen LogP contribution in [0.4, 0.5) is 0 Å². The summed E-state index contributed by atoms with van der Waals surface area (Å²) in [7, 11) is 0. The molecule has 1 atom stereocenters. The fourth-order valence-corrected chi connectivity index (χ4v) is 1.11. The first kappa shape index (κ1) is 10.1. The molecule has 0 radical (unpaired) electrons. The number of carbonyl (C=O) groups excluding carboxylic acids is 1. The largest absolute Gasteiger partial charge is 0.302 e. The van der Waals surface area contributed by atoms with Crippen LogP contribution < -0.4 is 0 Å². The minimum atomic E-state index is 0.192. The first-order chi connectivity index (χ1) is 4.66. The van der Waals surface area contributed by atoms with Gasteiger partial charge in [0.15, 0.2) is 0 Å². The molecule has 0 aliphatic rings. The molecule has 0 unspecified atom stereocenters. The number of rotatable bonds is 5. The first-order valence-corrected chi connectivity index (χ1v) is 4.65. The van der Waals surface area contributed by atoms with E-state index in [9.17, 15) is 4.79 Å². The summed E-state index contributed by atoms with van der Waals surface area (Å²) in [6.07, 6.45) is 4.12. The number of carbonyl (C=O) groups is 1. The summed E-state index contributed by atoms with van der Waals surface area (Å²) in [6.45, 7) is 5.80. The van der Waals surface area contributed by atoms with Gasteiger partial charge < -0.3 is 4.79 Å². The van der Waals surface area contributed by atoms with Crippen LogP contribution in [-0.4, -0.2) is 10.2 Å². The predicted molar refractivity (Wildman–Crippen MR) is 52.5 cm³/mol. The maximum Gasteiger partial charge on any atom is 0.132 e. The lowest BCUT2D eigenvalue weighted by molar-refractivity contribution is -0.107. The van der Waals surface area contributed by atoms with Crippen molar-refractivity contribution in [3.05, 3.63) is 12.2 Å². The van der Waals surface area contributed by atoms with Gasteiger partial charge in [-0.2, -0.15) is 0 Å². The predicted octanol–water partition coefficient (Wildman–Crippen LogP) is 2.74. The van der Waals surface area contributed by atoms with Crippen LogP contribution in [0.2, 0.25) is 0 Å². The Labute approximate surface area is 76.0 Å². The summed E-state index contributed by atoms with van der Waals surface area (Å²) < 4.78 is 0.192. The Hall–Kier alpha value is 0.140. The van der Waals surface area contributed by atoms with Gasteiger partial charge in [0.2, 0.25) is 0 Å². The minimum Gasteiger partial charge on any atom is -0.302 e. The van der Waals surface area contributed by atoms with Crippen molar-refractivity contribution >= 4 is 28.9 Å². The molecule has 0 aromatic carbocycles. The van der Waals surface area contributed by atoms with Crippen LogP contribution in [0.5, 0.6) is 0 Å². The minimum absolute atomic E-state index is 0.192. The van der Waals surface area contributed by atoms with E-state index in [-0.39, 0.29) is 3.92 Å². The molecular formula is C8H13IO. The zero-order chi connectivity index (χ0) is 7.98. The molecule has 0 bridgehead atoms. The number of aldehydes is 1. The quantitative estimate of drug-likeness (QED) is 0.318. The molecule has 0 saturated carbocycles. The van der Waals surface area contributed by atoms with Gasteiger partial charge in [0.25, 0.3) is 0 Å². The topological polar surface area (TPSA) is 17.1 Å². The van der Waals surface area contributed by atoms with Gasteiger partial charge in [0.1, 0.15) is 6.29 Å². The van der Waals surface area contributed by atoms with Crippen molar-refractivity contribution in [3.8, 4) is 0 Å². The molecule has 0 heterocycles. The van der Waals surface area contributed by atoms with Crippen molar-refractivity contribution < 1.29 is 4.79 Å². The number of allylic oxidation sites excluding steroid dienone is 1. The van der Waals surface area contributed by atoms with E-state index in [0.29, 0.717) is 0 Å². The van der Waals surface area contributed by atoms with Crippen LogP contribution in [0.3, 0.4) is 0 Å². The number of halogens is 1. The average molecular weight is 252 g/mol. The zero-order valence-electron chi connectivity index (χ0n) is 6.27. The lowest BCUT2D eigenvalue weighted by Gasteiger charge is -2.00. The Morgan fingerprint density at radius 3 is 2.80 bits per heavy atom. The van der Waals surface area contributed by atoms with Gasteiger partial charge in [-0.15, -0.1) is 6.58 Å². The SMILES string of the molecule is C=C(C)CCC[C@H](I)C=O. The Morgan fingerprint density at radius 2 is 2.40 bits per heavy atom. The monoisotopic (exact) mass is 252 g/mol. The van der Waals surface area contributed by atoms with Crippen molar-refractivity contribution in [2.45, 2.75) is 30.1 Å². The summed E-state index contributed by atoms with van der Waals surface area (Å²) in [5, 5.41) is 0. The fourth-order valence-electron chi connectivity index (χ4n) is 0.667. The van der Waals surface area contributed by atoms with Crippen LogP contribution in [0, 0.1) is 0 Å². The summed E-state index contributed by atoms with van der Waals surface area (Å²) >= 11 is 2.15. The summed E-state index contributed by atoms with van der Waals surface area (Å²) in [4.78, 5) is 10.2. The Balaban J connectivity index is 3.19. The molecule has 0 spiro atoms. The van der Waals surface area contributed by atoms with E-state index in [2.05, 4.69) is 29.2 Å². The summed E-state index contributed by atoms with van der Waals surface area (Å²) in [5.41, 5.74) is 1.20. The summed E-state index contributed by atoms with van der Waals surface area (Å²) in [5.74, 6) is 0. The fraction of sp³-hybridized carbons (Fsp3) is 0.625. The number of hydrogen-bond donors (Lipinski definition) is 0. The molecule has 0 fully saturated rings. The second kappa shape index (κ2) is 5.89. The van der Waals surface area contributed by atoms with Crippen molar-refractivity contribution in [2.24, 2.45) is 0 Å². The van der Waals surface area contributed by atoms with Gasteiger partial charge in [0.05, 0.1) is 3.92 Å². The highest BCUT2D eigenvalue weighted by Crippen LogP contribution is 2.10. The molecule has 0 saturated heterocycles. The highest BCUT2D eigenvalue weighted by atomic mass is 127. The first-order valence-electron chi connectivity index (χ1n) is 3.40. The van der Waals surface area contributed by atoms with Crippen LogP contribution in [0.1, 0.15) is 26.2 Å². The maximum absolute atomic E-state index is 10.2. The normalized spacial score (nSPS) is 12.6. The van der Waals surface area contributed by atoms with E-state index in [4.69, 9.17) is 0 Å². The van der Waals surface area contributed by atoms with E-state index < -0.39 is 0 Å². The third-order valence-corrected chi connectivity index (χ3v) is 2.15. The lowest BCUT2D eigenvalue weighted by Crippen LogP contribution is -1.97. The second-order valence-corrected chi connectivity index (χ2v) is 4.10. The maximum atomic E-state index is 10.2. The third-order valence-electron chi connectivity index (χ3n) is 1.23. The van der Waals surface area contributed by atoms with E-state index in [1.807, 2.05) is 6.92 Å². The molecule has 0 N–H and O–H groups in total. The van der Waals surface area contributed by atoms with Gasteiger partial charge in [-0.3, -0.25) is 0 Å². The van der Waals surface area contributed by atoms with Crippen molar-refractivity contribution in [2.75, 3.05) is 0 Å². The molecule has 58 valence electrons. The van der Waals surface area contributed by atoms with E-state index in [0.717, 1.165) is 25.5 Å². The van der Waals surface area contributed by atoms with Gasteiger partial charge in [-0.25, -0.2) is 0 Å². The Bertz CT molecular complexity index is 120. The Morgan fingerprint density at radius 1 is 1.80 bits per heavy atom. The second-order valence-electron chi connectivity index (χ2n) is 2.50. The van der Waals surface area contributed by atoms with E-state index in [1.54, 1.807) is 0 Å². The lowest BCUT2D eigenvalue weighted by atomic mass is 10.1. The van der Waals surface area contributed by atoms with Crippen molar-refractivity contribution in [3.63, 3.8) is 0 Å². The molecular weight excluding hydrogens is 239 g/mol. The van der Waals surface area contributed by atoms with E-state index >= 15 is 0 Å². The van der Waals surface area contributed by atoms with Gasteiger partial charge in [0, 0.05) is 0 Å². The van der Waals surface area contributed by atoms with Gasteiger partial charge >= 0.3 is 0 Å². The zero-order valence-corrected chi connectivity index (χ0v) is 8.43. The molecule has 0 aliphatic carbocycles. The summed E-state index contributed by atoms with van der Waals surface area (Å²) in [6, 6.07) is 0. The molecule has 0 aromatic heterocycles. The average Bonchev–Trinajstić information content (AvgIpc) is 1.87. The van der Waals surface area contributed by atoms with Gasteiger partial charge in [-0.05, 0) is 26.2 Å². The van der Waals surface area contributed by atoms with E-state index in [1.165, 1.54) is 5.57 Å². The molecule has 0 aromatic rings. The van der Waals surface area contributed by atoms with Gasteiger partial charge in [-0.1, -0.05) is 28.2 Å². The van der Waals surface area contributed by atoms with Crippen LogP contribution >= 0.6 is 22.6 Å². The van der Waals surface area contributed by atoms with Crippen molar-refractivity contribution in [1.82, 2.24) is 0 Å². The highest BCUT2D eigenvalue weighted by molar-refractivity contribution is 14.1.